The Hall–Kier alpha value is -9.73. The van der Waals surface area contributed by atoms with Crippen molar-refractivity contribution < 1.29 is 8.83 Å². The summed E-state index contributed by atoms with van der Waals surface area (Å²) in [6, 6.07) is 82.1. The molecule has 358 valence electrons. The SMILES string of the molecule is c1ccc(-n2c3ccc(-c4ccc5oc6cccc(-c7nc(-c8ccc9c(c8)oc8ccccc89)nc(-c8cccc9sc%10ccccc%10c89)n7)c6c5c4)cc3c3ccc(-c4cccc5c4sc4ccccc45)cc32)cc1. The molecule has 0 spiro atoms. The number of hydrogen-bond donors (Lipinski definition) is 0. The molecule has 6 heterocycles. The standard InChI is InChI=1S/C69H38N4O2S2/c1-2-13-43(14-3-1)73-55-33-29-39(35-53(55)45-31-27-41(37-56(45)73)44-18-10-19-49-48-16-5-8-24-61(48)77-66(44)49)40-30-34-58-54(36-40)64-51(20-11-23-59(64)74-58)68-70-67(42-28-32-47-46-15-4-7-22-57(46)75-60(47)38-42)71-69(72-68)52-21-12-26-63-65(52)50-17-6-9-25-62(50)76-63/h1-38H. The quantitative estimate of drug-likeness (QED) is 0.166. The molecule has 0 aliphatic rings. The first kappa shape index (κ1) is 42.6. The fraction of sp³-hybridized carbons (Fsp3) is 0. The molecule has 0 amide bonds. The van der Waals surface area contributed by atoms with Crippen LogP contribution in [0, 0.1) is 0 Å². The van der Waals surface area contributed by atoms with Crippen molar-refractivity contribution >= 4 is 129 Å². The van der Waals surface area contributed by atoms with Gasteiger partial charge >= 0.3 is 0 Å². The predicted octanol–water partition coefficient (Wildman–Crippen LogP) is 19.8. The monoisotopic (exact) mass is 1020 g/mol. The van der Waals surface area contributed by atoms with Gasteiger partial charge in [0.25, 0.3) is 0 Å². The maximum Gasteiger partial charge on any atom is 0.164 e. The zero-order chi connectivity index (χ0) is 50.3. The van der Waals surface area contributed by atoms with Crippen LogP contribution in [0.15, 0.2) is 239 Å². The molecule has 0 aliphatic carbocycles. The predicted molar refractivity (Wildman–Crippen MR) is 322 cm³/mol. The Morgan fingerprint density at radius 3 is 1.75 bits per heavy atom. The molecular formula is C69H38N4O2S2. The molecule has 17 rings (SSSR count). The molecule has 0 fully saturated rings. The van der Waals surface area contributed by atoms with Gasteiger partial charge in [0.2, 0.25) is 0 Å². The van der Waals surface area contributed by atoms with Gasteiger partial charge in [-0.05, 0) is 107 Å². The van der Waals surface area contributed by atoms with Gasteiger partial charge in [-0.3, -0.25) is 0 Å². The number of aromatic nitrogens is 4. The van der Waals surface area contributed by atoms with E-state index in [1.54, 1.807) is 11.3 Å². The van der Waals surface area contributed by atoms with Gasteiger partial charge in [0.15, 0.2) is 17.5 Å². The van der Waals surface area contributed by atoms with E-state index in [1.165, 1.54) is 56.9 Å². The van der Waals surface area contributed by atoms with E-state index in [2.05, 4.69) is 205 Å². The van der Waals surface area contributed by atoms with E-state index in [1.807, 2.05) is 41.7 Å². The molecule has 6 nitrogen and oxygen atoms in total. The molecule has 0 unspecified atom stereocenters. The van der Waals surface area contributed by atoms with Gasteiger partial charge in [-0.25, -0.2) is 15.0 Å². The van der Waals surface area contributed by atoms with Crippen molar-refractivity contribution in [1.29, 1.82) is 0 Å². The van der Waals surface area contributed by atoms with Crippen molar-refractivity contribution in [3.63, 3.8) is 0 Å². The normalized spacial score (nSPS) is 12.2. The lowest BCUT2D eigenvalue weighted by molar-refractivity contribution is 0.668. The third kappa shape index (κ3) is 6.50. The highest BCUT2D eigenvalue weighted by molar-refractivity contribution is 7.26. The van der Waals surface area contributed by atoms with Crippen LogP contribution in [0.4, 0.5) is 0 Å². The summed E-state index contributed by atoms with van der Waals surface area (Å²) in [5.41, 5.74) is 13.9. The van der Waals surface area contributed by atoms with Crippen molar-refractivity contribution in [2.24, 2.45) is 0 Å². The van der Waals surface area contributed by atoms with Crippen LogP contribution in [0.1, 0.15) is 0 Å². The van der Waals surface area contributed by atoms with Crippen molar-refractivity contribution in [3.05, 3.63) is 231 Å². The van der Waals surface area contributed by atoms with Gasteiger partial charge in [-0.1, -0.05) is 146 Å². The maximum absolute atomic E-state index is 6.69. The highest BCUT2D eigenvalue weighted by Crippen LogP contribution is 2.45. The molecule has 0 N–H and O–H groups in total. The number of thiophene rings is 2. The summed E-state index contributed by atoms with van der Waals surface area (Å²) in [5.74, 6) is 1.71. The van der Waals surface area contributed by atoms with Crippen LogP contribution in [-0.2, 0) is 0 Å². The minimum absolute atomic E-state index is 0.557. The molecule has 0 bridgehead atoms. The van der Waals surface area contributed by atoms with Crippen molar-refractivity contribution in [2.45, 2.75) is 0 Å². The molecule has 0 radical (unpaired) electrons. The van der Waals surface area contributed by atoms with E-state index >= 15 is 0 Å². The van der Waals surface area contributed by atoms with Gasteiger partial charge in [0, 0.05) is 95.0 Å². The Kier molecular flexibility index (Phi) is 9.07. The largest absolute Gasteiger partial charge is 0.456 e. The first-order chi connectivity index (χ1) is 38.1. The second-order valence-electron chi connectivity index (χ2n) is 19.8. The first-order valence-electron chi connectivity index (χ1n) is 25.7. The van der Waals surface area contributed by atoms with E-state index in [4.69, 9.17) is 23.8 Å². The molecule has 17 aromatic rings. The first-order valence-corrected chi connectivity index (χ1v) is 27.4. The smallest absolute Gasteiger partial charge is 0.164 e. The zero-order valence-electron chi connectivity index (χ0n) is 40.9. The summed E-state index contributed by atoms with van der Waals surface area (Å²) in [7, 11) is 0. The van der Waals surface area contributed by atoms with Crippen LogP contribution in [0.25, 0.3) is 168 Å². The molecule has 0 aliphatic heterocycles. The lowest BCUT2D eigenvalue weighted by atomic mass is 9.98. The van der Waals surface area contributed by atoms with E-state index in [0.29, 0.717) is 17.5 Å². The molecule has 8 heteroatoms. The lowest BCUT2D eigenvalue weighted by Gasteiger charge is -2.10. The van der Waals surface area contributed by atoms with Crippen LogP contribution in [0.5, 0.6) is 0 Å². The van der Waals surface area contributed by atoms with Crippen molar-refractivity contribution in [3.8, 4) is 62.1 Å². The molecular weight excluding hydrogens is 981 g/mol. The Morgan fingerprint density at radius 2 is 0.883 bits per heavy atom. The number of rotatable bonds is 6. The minimum atomic E-state index is 0.557. The van der Waals surface area contributed by atoms with Gasteiger partial charge in [0.05, 0.1) is 11.0 Å². The van der Waals surface area contributed by atoms with Crippen LogP contribution in [0.2, 0.25) is 0 Å². The summed E-state index contributed by atoms with van der Waals surface area (Å²) < 4.78 is 20.5. The van der Waals surface area contributed by atoms with Crippen molar-refractivity contribution in [1.82, 2.24) is 19.5 Å². The van der Waals surface area contributed by atoms with E-state index in [-0.39, 0.29) is 0 Å². The van der Waals surface area contributed by atoms with Crippen LogP contribution in [-0.4, -0.2) is 19.5 Å². The lowest BCUT2D eigenvalue weighted by Crippen LogP contribution is -2.00. The number of furan rings is 2. The average molecular weight is 1020 g/mol. The van der Waals surface area contributed by atoms with Gasteiger partial charge in [-0.15, -0.1) is 22.7 Å². The summed E-state index contributed by atoms with van der Waals surface area (Å²) in [6.45, 7) is 0. The molecule has 11 aromatic carbocycles. The fourth-order valence-electron chi connectivity index (χ4n) is 12.0. The molecule has 77 heavy (non-hydrogen) atoms. The van der Waals surface area contributed by atoms with Gasteiger partial charge in [-0.2, -0.15) is 0 Å². The Bertz CT molecular complexity index is 5310. The van der Waals surface area contributed by atoms with Gasteiger partial charge < -0.3 is 13.4 Å². The van der Waals surface area contributed by atoms with E-state index < -0.39 is 0 Å². The molecule has 0 saturated carbocycles. The highest BCUT2D eigenvalue weighted by atomic mass is 32.1. The molecule has 0 atom stereocenters. The van der Waals surface area contributed by atoms with Crippen LogP contribution in [0.3, 0.4) is 0 Å². The topological polar surface area (TPSA) is 69.9 Å². The van der Waals surface area contributed by atoms with E-state index in [9.17, 15) is 0 Å². The summed E-state index contributed by atoms with van der Waals surface area (Å²) >= 11 is 3.65. The highest BCUT2D eigenvalue weighted by Gasteiger charge is 2.22. The van der Waals surface area contributed by atoms with Crippen molar-refractivity contribution in [2.75, 3.05) is 0 Å². The third-order valence-electron chi connectivity index (χ3n) is 15.5. The number of nitrogens with zero attached hydrogens (tertiary/aromatic N) is 4. The summed E-state index contributed by atoms with van der Waals surface area (Å²) in [5, 5.41) is 11.3. The van der Waals surface area contributed by atoms with Crippen LogP contribution < -0.4 is 0 Å². The average Bonchev–Trinajstić information content (AvgIpc) is 4.34. The maximum atomic E-state index is 6.69. The number of hydrogen-bond acceptors (Lipinski definition) is 7. The Labute approximate surface area is 447 Å². The minimum Gasteiger partial charge on any atom is -0.456 e. The molecule has 0 saturated heterocycles. The number of benzene rings is 11. The van der Waals surface area contributed by atoms with Gasteiger partial charge in [0.1, 0.15) is 22.3 Å². The summed E-state index contributed by atoms with van der Waals surface area (Å²) in [6.07, 6.45) is 0. The second kappa shape index (κ2) is 16.4. The second-order valence-corrected chi connectivity index (χ2v) is 21.9. The van der Waals surface area contributed by atoms with E-state index in [0.717, 1.165) is 93.8 Å². The Morgan fingerprint density at radius 1 is 0.299 bits per heavy atom. The molecule has 6 aromatic heterocycles. The van der Waals surface area contributed by atoms with Crippen LogP contribution >= 0.6 is 22.7 Å². The fourth-order valence-corrected chi connectivity index (χ4v) is 14.3. The number of fused-ring (bicyclic) bond motifs is 15. The number of para-hydroxylation sites is 2. The zero-order valence-corrected chi connectivity index (χ0v) is 42.5. The summed E-state index contributed by atoms with van der Waals surface area (Å²) in [4.78, 5) is 16.1. The Balaban J connectivity index is 0.841. The third-order valence-corrected chi connectivity index (χ3v) is 17.8.